The monoisotopic (exact) mass is 167 g/mol. The highest BCUT2D eigenvalue weighted by Crippen LogP contribution is 2.07. The van der Waals surface area contributed by atoms with Gasteiger partial charge in [-0.05, 0) is 6.92 Å². The van der Waals surface area contributed by atoms with Gasteiger partial charge in [0.05, 0.1) is 6.04 Å². The summed E-state index contributed by atoms with van der Waals surface area (Å²) in [5.41, 5.74) is 0. The molecule has 1 unspecified atom stereocenters. The van der Waals surface area contributed by atoms with Crippen LogP contribution in [0.5, 0.6) is 0 Å². The van der Waals surface area contributed by atoms with Crippen molar-refractivity contribution in [2.45, 2.75) is 13.0 Å². The number of aromatic amines is 1. The molecule has 5 nitrogen and oxygen atoms in total. The maximum Gasteiger partial charge on any atom is 0.168 e. The van der Waals surface area contributed by atoms with E-state index in [1.807, 2.05) is 6.92 Å². The molecule has 1 aromatic heterocycles. The van der Waals surface area contributed by atoms with Crippen molar-refractivity contribution in [3.05, 3.63) is 11.6 Å². The van der Waals surface area contributed by atoms with Gasteiger partial charge >= 0.3 is 0 Å². The summed E-state index contributed by atoms with van der Waals surface area (Å²) in [6.45, 7) is 4.84. The largest absolute Gasteiger partial charge is 0.313 e. The molecule has 1 aliphatic rings. The van der Waals surface area contributed by atoms with Crippen LogP contribution in [0.3, 0.4) is 0 Å². The number of aryl methyl sites for hydroxylation is 1. The Labute approximate surface area is 71.0 Å². The molecule has 0 bridgehead atoms. The molecule has 1 aromatic rings. The predicted octanol–water partition coefficient (Wildman–Crippen LogP) is -0.653. The van der Waals surface area contributed by atoms with Gasteiger partial charge in [-0.15, -0.1) is 0 Å². The standard InChI is InChI=1S/C7H13N5/c1-5-10-7(12-11-5)6-4-8-2-3-9-6/h6,8-9H,2-4H2,1H3,(H,10,11,12). The van der Waals surface area contributed by atoms with Crippen molar-refractivity contribution in [1.29, 1.82) is 0 Å². The Morgan fingerprint density at radius 3 is 2.92 bits per heavy atom. The van der Waals surface area contributed by atoms with Crippen LogP contribution in [0.25, 0.3) is 0 Å². The SMILES string of the molecule is Cc1nc(C2CNCCN2)n[nH]1. The van der Waals surface area contributed by atoms with Crippen molar-refractivity contribution in [1.82, 2.24) is 25.8 Å². The van der Waals surface area contributed by atoms with E-state index >= 15 is 0 Å². The van der Waals surface area contributed by atoms with E-state index in [4.69, 9.17) is 0 Å². The van der Waals surface area contributed by atoms with E-state index in [-0.39, 0.29) is 6.04 Å². The second-order valence-corrected chi connectivity index (χ2v) is 2.99. The number of hydrogen-bond acceptors (Lipinski definition) is 4. The van der Waals surface area contributed by atoms with E-state index in [1.54, 1.807) is 0 Å². The Hall–Kier alpha value is -0.940. The number of nitrogens with one attached hydrogen (secondary N) is 3. The molecule has 1 atom stereocenters. The fourth-order valence-corrected chi connectivity index (χ4v) is 1.35. The van der Waals surface area contributed by atoms with Crippen LogP contribution >= 0.6 is 0 Å². The summed E-state index contributed by atoms with van der Waals surface area (Å²) < 4.78 is 0. The lowest BCUT2D eigenvalue weighted by atomic mass is 10.2. The zero-order chi connectivity index (χ0) is 8.39. The third-order valence-corrected chi connectivity index (χ3v) is 1.97. The molecule has 1 aliphatic heterocycles. The highest BCUT2D eigenvalue weighted by atomic mass is 15.2. The predicted molar refractivity (Wildman–Crippen MR) is 44.7 cm³/mol. The molecule has 0 amide bonds. The van der Waals surface area contributed by atoms with Gasteiger partial charge in [-0.1, -0.05) is 0 Å². The van der Waals surface area contributed by atoms with Crippen LogP contribution in [-0.2, 0) is 0 Å². The van der Waals surface area contributed by atoms with Crippen LogP contribution in [0.15, 0.2) is 0 Å². The smallest absolute Gasteiger partial charge is 0.168 e. The first kappa shape index (κ1) is 7.70. The van der Waals surface area contributed by atoms with E-state index in [0.29, 0.717) is 0 Å². The van der Waals surface area contributed by atoms with Gasteiger partial charge in [-0.2, -0.15) is 5.10 Å². The zero-order valence-electron chi connectivity index (χ0n) is 7.09. The quantitative estimate of drug-likeness (QED) is 0.520. The summed E-state index contributed by atoms with van der Waals surface area (Å²) in [5, 5.41) is 13.6. The van der Waals surface area contributed by atoms with E-state index in [1.165, 1.54) is 0 Å². The first-order valence-corrected chi connectivity index (χ1v) is 4.19. The highest BCUT2D eigenvalue weighted by molar-refractivity contribution is 4.97. The normalized spacial score (nSPS) is 24.2. The topological polar surface area (TPSA) is 65.6 Å². The zero-order valence-corrected chi connectivity index (χ0v) is 7.09. The molecule has 0 aromatic carbocycles. The number of nitrogens with zero attached hydrogens (tertiary/aromatic N) is 2. The fourth-order valence-electron chi connectivity index (χ4n) is 1.35. The van der Waals surface area contributed by atoms with Gasteiger partial charge in [0.15, 0.2) is 5.82 Å². The minimum Gasteiger partial charge on any atom is -0.313 e. The maximum absolute atomic E-state index is 4.27. The number of H-pyrrole nitrogens is 1. The summed E-state index contributed by atoms with van der Waals surface area (Å²) in [5.74, 6) is 1.73. The minimum absolute atomic E-state index is 0.267. The van der Waals surface area contributed by atoms with Crippen LogP contribution in [0, 0.1) is 6.92 Å². The minimum atomic E-state index is 0.267. The van der Waals surface area contributed by atoms with Gasteiger partial charge in [0.1, 0.15) is 5.82 Å². The Morgan fingerprint density at radius 2 is 2.33 bits per heavy atom. The summed E-state index contributed by atoms with van der Waals surface area (Å²) in [6.07, 6.45) is 0. The molecule has 1 saturated heterocycles. The van der Waals surface area contributed by atoms with Gasteiger partial charge in [0, 0.05) is 19.6 Å². The molecule has 2 rings (SSSR count). The van der Waals surface area contributed by atoms with Crippen molar-refractivity contribution < 1.29 is 0 Å². The third-order valence-electron chi connectivity index (χ3n) is 1.97. The van der Waals surface area contributed by atoms with Crippen molar-refractivity contribution in [2.75, 3.05) is 19.6 Å². The van der Waals surface area contributed by atoms with Crippen molar-refractivity contribution in [2.24, 2.45) is 0 Å². The van der Waals surface area contributed by atoms with Gasteiger partial charge in [0.2, 0.25) is 0 Å². The van der Waals surface area contributed by atoms with Crippen LogP contribution < -0.4 is 10.6 Å². The van der Waals surface area contributed by atoms with Gasteiger partial charge in [0.25, 0.3) is 0 Å². The Balaban J connectivity index is 2.08. The number of hydrogen-bond donors (Lipinski definition) is 3. The Bertz CT molecular complexity index is 250. The van der Waals surface area contributed by atoms with Gasteiger partial charge in [-0.25, -0.2) is 4.98 Å². The molecule has 1 fully saturated rings. The van der Waals surface area contributed by atoms with E-state index < -0.39 is 0 Å². The van der Waals surface area contributed by atoms with Gasteiger partial charge < -0.3 is 10.6 Å². The summed E-state index contributed by atoms with van der Waals surface area (Å²) >= 11 is 0. The average Bonchev–Trinajstić information content (AvgIpc) is 2.54. The average molecular weight is 167 g/mol. The number of piperazine rings is 1. The second kappa shape index (κ2) is 3.20. The van der Waals surface area contributed by atoms with Crippen molar-refractivity contribution in [3.8, 4) is 0 Å². The highest BCUT2D eigenvalue weighted by Gasteiger charge is 2.17. The molecule has 0 spiro atoms. The first-order chi connectivity index (χ1) is 5.86. The van der Waals surface area contributed by atoms with Crippen LogP contribution in [-0.4, -0.2) is 34.8 Å². The van der Waals surface area contributed by atoms with E-state index in [0.717, 1.165) is 31.3 Å². The van der Waals surface area contributed by atoms with E-state index in [9.17, 15) is 0 Å². The summed E-state index contributed by atoms with van der Waals surface area (Å²) in [4.78, 5) is 4.27. The molecule has 0 aliphatic carbocycles. The number of aromatic nitrogens is 3. The van der Waals surface area contributed by atoms with Crippen molar-refractivity contribution in [3.63, 3.8) is 0 Å². The second-order valence-electron chi connectivity index (χ2n) is 2.99. The lowest BCUT2D eigenvalue weighted by molar-refractivity contribution is 0.416. The third kappa shape index (κ3) is 1.46. The van der Waals surface area contributed by atoms with Crippen LogP contribution in [0.1, 0.15) is 17.7 Å². The molecular formula is C7H13N5. The van der Waals surface area contributed by atoms with Crippen LogP contribution in [0.2, 0.25) is 0 Å². The molecule has 5 heteroatoms. The Morgan fingerprint density at radius 1 is 1.42 bits per heavy atom. The molecular weight excluding hydrogens is 154 g/mol. The first-order valence-electron chi connectivity index (χ1n) is 4.19. The molecule has 0 saturated carbocycles. The Kier molecular flexibility index (Phi) is 2.05. The lowest BCUT2D eigenvalue weighted by Crippen LogP contribution is -2.43. The fraction of sp³-hybridized carbons (Fsp3) is 0.714. The molecule has 66 valence electrons. The lowest BCUT2D eigenvalue weighted by Gasteiger charge is -2.21. The van der Waals surface area contributed by atoms with Crippen LogP contribution in [0.4, 0.5) is 0 Å². The number of rotatable bonds is 1. The molecule has 0 radical (unpaired) electrons. The summed E-state index contributed by atoms with van der Waals surface area (Å²) in [7, 11) is 0. The maximum atomic E-state index is 4.27. The molecule has 3 N–H and O–H groups in total. The molecule has 12 heavy (non-hydrogen) atoms. The van der Waals surface area contributed by atoms with E-state index in [2.05, 4.69) is 25.8 Å². The van der Waals surface area contributed by atoms with Gasteiger partial charge in [-0.3, -0.25) is 5.10 Å². The van der Waals surface area contributed by atoms with Crippen molar-refractivity contribution >= 4 is 0 Å². The molecule has 2 heterocycles. The summed E-state index contributed by atoms with van der Waals surface area (Å²) in [6, 6.07) is 0.267.